The normalized spacial score (nSPS) is 21.6. The molecule has 0 aromatic heterocycles. The van der Waals surface area contributed by atoms with Crippen LogP contribution in [0.4, 0.5) is 0 Å². The Labute approximate surface area is 165 Å². The molecule has 1 aromatic rings. The largest absolute Gasteiger partial charge is 0.493 e. The summed E-state index contributed by atoms with van der Waals surface area (Å²) < 4.78 is 15.2. The monoisotopic (exact) mass is 389 g/mol. The summed E-state index contributed by atoms with van der Waals surface area (Å²) in [7, 11) is 4.39. The molecule has 7 nitrogen and oxygen atoms in total. The van der Waals surface area contributed by atoms with E-state index in [1.54, 1.807) is 28.1 Å². The van der Waals surface area contributed by atoms with Crippen molar-refractivity contribution in [3.05, 3.63) is 23.8 Å². The Kier molecular flexibility index (Phi) is 6.94. The fourth-order valence-corrected chi connectivity index (χ4v) is 3.50. The number of methoxy groups -OCH3 is 3. The van der Waals surface area contributed by atoms with E-state index in [1.165, 1.54) is 13.3 Å². The zero-order valence-corrected chi connectivity index (χ0v) is 17.0. The van der Waals surface area contributed by atoms with Gasteiger partial charge in [0.05, 0.1) is 21.3 Å². The molecule has 7 heteroatoms. The Morgan fingerprint density at radius 3 is 2.46 bits per heavy atom. The lowest BCUT2D eigenvalue weighted by Gasteiger charge is -2.37. The van der Waals surface area contributed by atoms with Crippen LogP contribution in [0.15, 0.2) is 23.2 Å². The standard InChI is InChI=1S/C21H27NO6/c1-21(2)11-15(23)14(19(24)18(21)20(25)28-5)12-22-9-8-13-6-7-16(26-3)17(10-13)27-4/h6-7,10,12,14,18H,8-9,11H2,1-5H3/t14-,18+/m0/s1. The average molecular weight is 389 g/mol. The summed E-state index contributed by atoms with van der Waals surface area (Å²) in [4.78, 5) is 41.4. The number of esters is 1. The van der Waals surface area contributed by atoms with Gasteiger partial charge in [-0.15, -0.1) is 0 Å². The van der Waals surface area contributed by atoms with Crippen molar-refractivity contribution in [1.29, 1.82) is 0 Å². The second-order valence-electron chi connectivity index (χ2n) is 7.46. The van der Waals surface area contributed by atoms with Crippen molar-refractivity contribution >= 4 is 23.8 Å². The maximum Gasteiger partial charge on any atom is 0.316 e. The van der Waals surface area contributed by atoms with Crippen LogP contribution in [-0.2, 0) is 25.5 Å². The van der Waals surface area contributed by atoms with E-state index < -0.39 is 29.0 Å². The molecule has 1 aliphatic carbocycles. The van der Waals surface area contributed by atoms with Gasteiger partial charge in [-0.2, -0.15) is 0 Å². The van der Waals surface area contributed by atoms with E-state index in [-0.39, 0.29) is 12.2 Å². The molecule has 0 amide bonds. The first-order valence-corrected chi connectivity index (χ1v) is 9.10. The highest BCUT2D eigenvalue weighted by atomic mass is 16.5. The van der Waals surface area contributed by atoms with Gasteiger partial charge in [-0.1, -0.05) is 19.9 Å². The van der Waals surface area contributed by atoms with Crippen molar-refractivity contribution < 1.29 is 28.6 Å². The number of rotatable bonds is 7. The van der Waals surface area contributed by atoms with Gasteiger partial charge >= 0.3 is 5.97 Å². The number of ether oxygens (including phenoxy) is 3. The molecule has 0 bridgehead atoms. The maximum atomic E-state index is 12.7. The summed E-state index contributed by atoms with van der Waals surface area (Å²) in [6, 6.07) is 5.58. The Hall–Kier alpha value is -2.70. The van der Waals surface area contributed by atoms with Gasteiger partial charge in [-0.3, -0.25) is 19.4 Å². The number of hydrogen-bond donors (Lipinski definition) is 0. The Morgan fingerprint density at radius 1 is 1.18 bits per heavy atom. The molecule has 28 heavy (non-hydrogen) atoms. The van der Waals surface area contributed by atoms with Crippen LogP contribution in [0.5, 0.6) is 11.5 Å². The van der Waals surface area contributed by atoms with Crippen LogP contribution >= 0.6 is 0 Å². The van der Waals surface area contributed by atoms with Crippen LogP contribution in [-0.4, -0.2) is 51.6 Å². The SMILES string of the molecule is COC(=O)[C@H]1C(=O)[C@@H](C=NCCc2ccc(OC)c(OC)c2)C(=O)CC1(C)C. The van der Waals surface area contributed by atoms with Gasteiger partial charge in [-0.25, -0.2) is 0 Å². The van der Waals surface area contributed by atoms with E-state index in [2.05, 4.69) is 4.99 Å². The van der Waals surface area contributed by atoms with E-state index >= 15 is 0 Å². The fraction of sp³-hybridized carbons (Fsp3) is 0.524. The zero-order valence-electron chi connectivity index (χ0n) is 17.0. The molecule has 0 saturated heterocycles. The molecule has 2 rings (SSSR count). The maximum absolute atomic E-state index is 12.7. The van der Waals surface area contributed by atoms with Crippen molar-refractivity contribution in [3.63, 3.8) is 0 Å². The van der Waals surface area contributed by atoms with Crippen LogP contribution in [0.1, 0.15) is 25.8 Å². The molecule has 1 saturated carbocycles. The quantitative estimate of drug-likeness (QED) is 0.404. The molecule has 0 N–H and O–H groups in total. The lowest BCUT2D eigenvalue weighted by Crippen LogP contribution is -2.50. The van der Waals surface area contributed by atoms with E-state index in [0.29, 0.717) is 24.5 Å². The smallest absolute Gasteiger partial charge is 0.316 e. The van der Waals surface area contributed by atoms with Gasteiger partial charge in [-0.05, 0) is 29.5 Å². The second kappa shape index (κ2) is 8.99. The molecule has 0 aliphatic heterocycles. The molecule has 1 aromatic carbocycles. The average Bonchev–Trinajstić information content (AvgIpc) is 2.65. The summed E-state index contributed by atoms with van der Waals surface area (Å²) in [5, 5.41) is 0. The van der Waals surface area contributed by atoms with Crippen LogP contribution in [0.3, 0.4) is 0 Å². The Balaban J connectivity index is 2.06. The topological polar surface area (TPSA) is 91.3 Å². The summed E-state index contributed by atoms with van der Waals surface area (Å²) in [6.07, 6.45) is 2.11. The molecular weight excluding hydrogens is 362 g/mol. The minimum absolute atomic E-state index is 0.130. The number of hydrogen-bond acceptors (Lipinski definition) is 7. The fourth-order valence-electron chi connectivity index (χ4n) is 3.50. The Bertz CT molecular complexity index is 783. The summed E-state index contributed by atoms with van der Waals surface area (Å²) >= 11 is 0. The lowest BCUT2D eigenvalue weighted by atomic mass is 9.64. The molecule has 0 radical (unpaired) electrons. The molecule has 0 unspecified atom stereocenters. The second-order valence-corrected chi connectivity index (χ2v) is 7.46. The number of nitrogens with zero attached hydrogens (tertiary/aromatic N) is 1. The zero-order chi connectivity index (χ0) is 20.9. The number of carbonyl (C=O) groups excluding carboxylic acids is 3. The van der Waals surface area contributed by atoms with Crippen molar-refractivity contribution in [2.24, 2.45) is 22.2 Å². The molecule has 152 valence electrons. The first-order valence-electron chi connectivity index (χ1n) is 9.10. The van der Waals surface area contributed by atoms with Crippen molar-refractivity contribution in [3.8, 4) is 11.5 Å². The summed E-state index contributed by atoms with van der Waals surface area (Å²) in [5.41, 5.74) is 0.232. The number of benzene rings is 1. The highest BCUT2D eigenvalue weighted by Gasteiger charge is 2.51. The minimum atomic E-state index is -0.998. The van der Waals surface area contributed by atoms with Crippen molar-refractivity contribution in [1.82, 2.24) is 0 Å². The highest BCUT2D eigenvalue weighted by molar-refractivity contribution is 6.21. The highest BCUT2D eigenvalue weighted by Crippen LogP contribution is 2.39. The van der Waals surface area contributed by atoms with E-state index in [0.717, 1.165) is 5.56 Å². The van der Waals surface area contributed by atoms with E-state index in [9.17, 15) is 14.4 Å². The molecule has 2 atom stereocenters. The van der Waals surface area contributed by atoms with Gasteiger partial charge in [0.2, 0.25) is 0 Å². The predicted octanol–water partition coefficient (Wildman–Crippen LogP) is 2.29. The van der Waals surface area contributed by atoms with E-state index in [4.69, 9.17) is 14.2 Å². The van der Waals surface area contributed by atoms with Crippen LogP contribution in [0.25, 0.3) is 0 Å². The minimum Gasteiger partial charge on any atom is -0.493 e. The summed E-state index contributed by atoms with van der Waals surface area (Å²) in [6.45, 7) is 3.86. The molecule has 0 heterocycles. The molecule has 1 fully saturated rings. The van der Waals surface area contributed by atoms with E-state index in [1.807, 2.05) is 18.2 Å². The van der Waals surface area contributed by atoms with Gasteiger partial charge in [0.15, 0.2) is 17.3 Å². The number of ketones is 2. The number of aliphatic imine (C=N–C) groups is 1. The van der Waals surface area contributed by atoms with Gasteiger partial charge in [0.1, 0.15) is 17.6 Å². The Morgan fingerprint density at radius 2 is 1.86 bits per heavy atom. The molecule has 0 spiro atoms. The number of Topliss-reactive ketones (excluding diaryl/α,β-unsaturated/α-hetero) is 2. The molecular formula is C21H27NO6. The lowest BCUT2D eigenvalue weighted by molar-refractivity contribution is -0.159. The van der Waals surface area contributed by atoms with Crippen LogP contribution < -0.4 is 9.47 Å². The third-order valence-electron chi connectivity index (χ3n) is 5.02. The van der Waals surface area contributed by atoms with Crippen molar-refractivity contribution in [2.75, 3.05) is 27.9 Å². The van der Waals surface area contributed by atoms with Gasteiger partial charge in [0.25, 0.3) is 0 Å². The first-order chi connectivity index (χ1) is 13.2. The number of carbonyl (C=O) groups is 3. The van der Waals surface area contributed by atoms with Gasteiger partial charge in [0, 0.05) is 19.2 Å². The third kappa shape index (κ3) is 4.58. The van der Waals surface area contributed by atoms with Crippen LogP contribution in [0.2, 0.25) is 0 Å². The summed E-state index contributed by atoms with van der Waals surface area (Å²) in [5.74, 6) is -1.95. The van der Waals surface area contributed by atoms with Gasteiger partial charge < -0.3 is 14.2 Å². The van der Waals surface area contributed by atoms with Crippen molar-refractivity contribution in [2.45, 2.75) is 26.7 Å². The predicted molar refractivity (Wildman–Crippen MR) is 104 cm³/mol. The third-order valence-corrected chi connectivity index (χ3v) is 5.02. The molecule has 1 aliphatic rings. The van der Waals surface area contributed by atoms with Crippen LogP contribution in [0, 0.1) is 17.3 Å². The first kappa shape index (κ1) is 21.6.